The van der Waals surface area contributed by atoms with Gasteiger partial charge in [0.25, 0.3) is 0 Å². The number of nitrogens with zero attached hydrogens (tertiary/aromatic N) is 2. The van der Waals surface area contributed by atoms with Crippen LogP contribution in [-0.2, 0) is 12.8 Å². The number of benzene rings is 1. The number of nitrogens with one attached hydrogen (secondary N) is 2. The molecule has 104 valence electrons. The molecule has 0 spiro atoms. The first-order chi connectivity index (χ1) is 9.72. The molecule has 1 aliphatic heterocycles. The maximum atomic E-state index is 13.2. The van der Waals surface area contributed by atoms with Crippen LogP contribution >= 0.6 is 0 Å². The highest BCUT2D eigenvalue weighted by atomic mass is 19.1. The van der Waals surface area contributed by atoms with Crippen molar-refractivity contribution in [3.63, 3.8) is 0 Å². The Morgan fingerprint density at radius 2 is 2.05 bits per heavy atom. The van der Waals surface area contributed by atoms with Crippen LogP contribution in [-0.4, -0.2) is 23.1 Å². The molecule has 0 amide bonds. The molecular formula is C14H16FN5. The molecule has 0 aliphatic carbocycles. The summed E-state index contributed by atoms with van der Waals surface area (Å²) in [6.07, 6.45) is 1.65. The molecule has 1 aliphatic rings. The van der Waals surface area contributed by atoms with Crippen LogP contribution < -0.4 is 16.4 Å². The summed E-state index contributed by atoms with van der Waals surface area (Å²) < 4.78 is 13.2. The molecule has 3 rings (SSSR count). The Morgan fingerprint density at radius 1 is 1.20 bits per heavy atom. The lowest BCUT2D eigenvalue weighted by Gasteiger charge is -2.13. The van der Waals surface area contributed by atoms with Crippen molar-refractivity contribution in [2.24, 2.45) is 0 Å². The molecule has 1 aromatic heterocycles. The Balaban J connectivity index is 1.98. The summed E-state index contributed by atoms with van der Waals surface area (Å²) in [5, 5.41) is 6.46. The average molecular weight is 273 g/mol. The Labute approximate surface area is 116 Å². The molecule has 0 unspecified atom stereocenters. The molecule has 0 saturated heterocycles. The van der Waals surface area contributed by atoms with Gasteiger partial charge in [-0.05, 0) is 31.2 Å². The highest BCUT2D eigenvalue weighted by molar-refractivity contribution is 5.61. The van der Waals surface area contributed by atoms with Crippen LogP contribution in [0.2, 0.25) is 0 Å². The number of anilines is 3. The lowest BCUT2D eigenvalue weighted by Crippen LogP contribution is -2.16. The van der Waals surface area contributed by atoms with Gasteiger partial charge < -0.3 is 16.4 Å². The van der Waals surface area contributed by atoms with Gasteiger partial charge in [0.15, 0.2) is 0 Å². The first-order valence-electron chi connectivity index (χ1n) is 6.61. The van der Waals surface area contributed by atoms with E-state index in [4.69, 9.17) is 5.73 Å². The summed E-state index contributed by atoms with van der Waals surface area (Å²) >= 11 is 0. The molecule has 0 radical (unpaired) electrons. The van der Waals surface area contributed by atoms with E-state index < -0.39 is 0 Å². The van der Waals surface area contributed by atoms with Crippen molar-refractivity contribution >= 4 is 17.5 Å². The summed E-state index contributed by atoms with van der Waals surface area (Å²) in [5.41, 5.74) is 8.42. The number of nitrogen functional groups attached to an aromatic ring is 1. The van der Waals surface area contributed by atoms with Crippen LogP contribution in [0.15, 0.2) is 24.3 Å². The summed E-state index contributed by atoms with van der Waals surface area (Å²) in [5.74, 6) is 0.621. The first kappa shape index (κ1) is 12.8. The van der Waals surface area contributed by atoms with E-state index in [-0.39, 0.29) is 11.8 Å². The minimum Gasteiger partial charge on any atom is -0.368 e. The fourth-order valence-electron chi connectivity index (χ4n) is 2.37. The van der Waals surface area contributed by atoms with E-state index >= 15 is 0 Å². The monoisotopic (exact) mass is 273 g/mol. The van der Waals surface area contributed by atoms with E-state index in [1.165, 1.54) is 12.1 Å². The maximum Gasteiger partial charge on any atom is 0.222 e. The maximum absolute atomic E-state index is 13.2. The van der Waals surface area contributed by atoms with Gasteiger partial charge in [0.05, 0.1) is 5.69 Å². The number of halogens is 1. The molecule has 0 fully saturated rings. The molecule has 0 saturated carbocycles. The number of hydrogen-bond donors (Lipinski definition) is 3. The largest absolute Gasteiger partial charge is 0.368 e. The molecule has 2 heterocycles. The van der Waals surface area contributed by atoms with E-state index in [0.29, 0.717) is 11.5 Å². The molecule has 0 atom stereocenters. The average Bonchev–Trinajstić information content (AvgIpc) is 2.64. The number of nitrogens with two attached hydrogens (primary N) is 1. The Bertz CT molecular complexity index is 629. The second kappa shape index (κ2) is 5.42. The number of aromatic nitrogens is 2. The normalized spacial score (nSPS) is 14.4. The lowest BCUT2D eigenvalue weighted by molar-refractivity contribution is 0.628. The van der Waals surface area contributed by atoms with Gasteiger partial charge in [-0.1, -0.05) is 6.07 Å². The zero-order valence-corrected chi connectivity index (χ0v) is 11.0. The fourth-order valence-corrected chi connectivity index (χ4v) is 2.37. The number of fused-ring (bicyclic) bond motifs is 1. The minimum absolute atomic E-state index is 0.240. The predicted octanol–water partition coefficient (Wildman–Crippen LogP) is 1.63. The van der Waals surface area contributed by atoms with Gasteiger partial charge in [0.1, 0.15) is 11.6 Å². The third-order valence-corrected chi connectivity index (χ3v) is 3.29. The molecular weight excluding hydrogens is 257 g/mol. The molecule has 0 bridgehead atoms. The van der Waals surface area contributed by atoms with Crippen LogP contribution in [0.25, 0.3) is 0 Å². The third kappa shape index (κ3) is 2.70. The standard InChI is InChI=1S/C14H16FN5/c15-9-2-1-3-10(8-9)18-13-11-4-6-17-7-5-12(11)19-14(16)20-13/h1-3,8,17H,4-7H2,(H3,16,18,19,20). The summed E-state index contributed by atoms with van der Waals surface area (Å²) in [6.45, 7) is 1.75. The summed E-state index contributed by atoms with van der Waals surface area (Å²) in [6, 6.07) is 6.29. The van der Waals surface area contributed by atoms with Crippen molar-refractivity contribution in [1.29, 1.82) is 0 Å². The van der Waals surface area contributed by atoms with Gasteiger partial charge in [0.2, 0.25) is 5.95 Å². The molecule has 20 heavy (non-hydrogen) atoms. The van der Waals surface area contributed by atoms with Crippen LogP contribution in [0.3, 0.4) is 0 Å². The van der Waals surface area contributed by atoms with Crippen molar-refractivity contribution in [2.75, 3.05) is 24.1 Å². The van der Waals surface area contributed by atoms with Crippen molar-refractivity contribution < 1.29 is 4.39 Å². The summed E-state index contributed by atoms with van der Waals surface area (Å²) in [4.78, 5) is 8.56. The minimum atomic E-state index is -0.287. The summed E-state index contributed by atoms with van der Waals surface area (Å²) in [7, 11) is 0. The van der Waals surface area contributed by atoms with Crippen molar-refractivity contribution in [3.05, 3.63) is 41.3 Å². The van der Waals surface area contributed by atoms with Gasteiger partial charge in [-0.15, -0.1) is 0 Å². The topological polar surface area (TPSA) is 75.9 Å². The van der Waals surface area contributed by atoms with E-state index in [0.717, 1.165) is 37.2 Å². The van der Waals surface area contributed by atoms with Gasteiger partial charge in [-0.3, -0.25) is 0 Å². The first-order valence-corrected chi connectivity index (χ1v) is 6.61. The van der Waals surface area contributed by atoms with Gasteiger partial charge in [0, 0.05) is 24.2 Å². The van der Waals surface area contributed by atoms with Gasteiger partial charge in [-0.2, -0.15) is 4.98 Å². The predicted molar refractivity (Wildman–Crippen MR) is 76.4 cm³/mol. The van der Waals surface area contributed by atoms with Crippen molar-refractivity contribution in [2.45, 2.75) is 12.8 Å². The van der Waals surface area contributed by atoms with E-state index in [9.17, 15) is 4.39 Å². The lowest BCUT2D eigenvalue weighted by atomic mass is 10.1. The van der Waals surface area contributed by atoms with Gasteiger partial charge >= 0.3 is 0 Å². The van der Waals surface area contributed by atoms with E-state index in [2.05, 4.69) is 20.6 Å². The Morgan fingerprint density at radius 3 is 2.90 bits per heavy atom. The van der Waals surface area contributed by atoms with E-state index in [1.54, 1.807) is 12.1 Å². The molecule has 4 N–H and O–H groups in total. The zero-order chi connectivity index (χ0) is 13.9. The molecule has 5 nitrogen and oxygen atoms in total. The zero-order valence-electron chi connectivity index (χ0n) is 11.0. The van der Waals surface area contributed by atoms with E-state index in [1.807, 2.05) is 0 Å². The number of hydrogen-bond acceptors (Lipinski definition) is 5. The van der Waals surface area contributed by atoms with Gasteiger partial charge in [-0.25, -0.2) is 9.37 Å². The number of rotatable bonds is 2. The highest BCUT2D eigenvalue weighted by Crippen LogP contribution is 2.24. The van der Waals surface area contributed by atoms with Crippen LogP contribution in [0.1, 0.15) is 11.3 Å². The Kier molecular flexibility index (Phi) is 3.47. The SMILES string of the molecule is Nc1nc2c(c(Nc3cccc(F)c3)n1)CCNCC2. The fraction of sp³-hybridized carbons (Fsp3) is 0.286. The Hall–Kier alpha value is -2.21. The highest BCUT2D eigenvalue weighted by Gasteiger charge is 2.16. The second-order valence-corrected chi connectivity index (χ2v) is 4.74. The molecule has 2 aromatic rings. The van der Waals surface area contributed by atoms with Crippen LogP contribution in [0.5, 0.6) is 0 Å². The van der Waals surface area contributed by atoms with Crippen LogP contribution in [0.4, 0.5) is 21.8 Å². The van der Waals surface area contributed by atoms with Crippen molar-refractivity contribution in [1.82, 2.24) is 15.3 Å². The smallest absolute Gasteiger partial charge is 0.222 e. The van der Waals surface area contributed by atoms with Crippen LogP contribution in [0, 0.1) is 5.82 Å². The second-order valence-electron chi connectivity index (χ2n) is 4.74. The third-order valence-electron chi connectivity index (χ3n) is 3.29. The molecule has 6 heteroatoms. The molecule has 1 aromatic carbocycles. The van der Waals surface area contributed by atoms with Crippen molar-refractivity contribution in [3.8, 4) is 0 Å². The quantitative estimate of drug-likeness (QED) is 0.775.